The van der Waals surface area contributed by atoms with Gasteiger partial charge in [-0.3, -0.25) is 9.78 Å². The molecule has 3 aromatic rings. The number of nitrogens with zero attached hydrogens (tertiary/aromatic N) is 2. The van der Waals surface area contributed by atoms with Crippen LogP contribution < -0.4 is 11.1 Å². The minimum Gasteiger partial charge on any atom is -0.353 e. The number of benzene rings is 1. The molecule has 0 aliphatic heterocycles. The number of fused-ring (bicyclic) bond motifs is 1. The van der Waals surface area contributed by atoms with E-state index in [0.717, 1.165) is 49.3 Å². The summed E-state index contributed by atoms with van der Waals surface area (Å²) in [5.41, 5.74) is 10.7. The molecule has 33 heavy (non-hydrogen) atoms. The Labute approximate surface area is 196 Å². The van der Waals surface area contributed by atoms with Crippen LogP contribution in [0.15, 0.2) is 48.9 Å². The predicted molar refractivity (Wildman–Crippen MR) is 134 cm³/mol. The summed E-state index contributed by atoms with van der Waals surface area (Å²) < 4.78 is 2.41. The molecule has 0 radical (unpaired) electrons. The number of carbonyl (C=O) groups excluding carboxylic acids is 1. The molecule has 174 valence electrons. The van der Waals surface area contributed by atoms with E-state index in [1.807, 2.05) is 24.5 Å². The number of carbonyl (C=O) groups is 1. The van der Waals surface area contributed by atoms with E-state index in [1.165, 1.54) is 48.6 Å². The Morgan fingerprint density at radius 3 is 2.48 bits per heavy atom. The lowest BCUT2D eigenvalue weighted by atomic mass is 9.89. The van der Waals surface area contributed by atoms with Crippen LogP contribution in [-0.2, 0) is 17.8 Å². The summed E-state index contributed by atoms with van der Waals surface area (Å²) in [7, 11) is 0. The van der Waals surface area contributed by atoms with Gasteiger partial charge in [0.15, 0.2) is 0 Å². The van der Waals surface area contributed by atoms with Gasteiger partial charge < -0.3 is 15.6 Å². The molecule has 2 aliphatic carbocycles. The van der Waals surface area contributed by atoms with E-state index in [-0.39, 0.29) is 11.9 Å². The molecule has 2 saturated carbocycles. The lowest BCUT2D eigenvalue weighted by Gasteiger charge is -2.26. The normalized spacial score (nSPS) is 21.8. The number of hydrogen-bond donors (Lipinski definition) is 2. The minimum absolute atomic E-state index is 0.126. The second kappa shape index (κ2) is 10.1. The third-order valence-electron chi connectivity index (χ3n) is 7.64. The summed E-state index contributed by atoms with van der Waals surface area (Å²) in [6, 6.07) is 11.3. The van der Waals surface area contributed by atoms with Gasteiger partial charge in [0.25, 0.3) is 0 Å². The number of nitrogens with one attached hydrogen (secondary N) is 1. The monoisotopic (exact) mass is 444 g/mol. The highest BCUT2D eigenvalue weighted by molar-refractivity contribution is 5.92. The molecule has 5 heteroatoms. The first kappa shape index (κ1) is 22.1. The smallest absolute Gasteiger partial charge is 0.224 e. The molecule has 2 aromatic heterocycles. The Kier molecular flexibility index (Phi) is 6.77. The summed E-state index contributed by atoms with van der Waals surface area (Å²) in [6.45, 7) is 1.05. The summed E-state index contributed by atoms with van der Waals surface area (Å²) >= 11 is 0. The molecule has 0 saturated heterocycles. The van der Waals surface area contributed by atoms with Crippen molar-refractivity contribution in [3.63, 3.8) is 0 Å². The predicted octanol–water partition coefficient (Wildman–Crippen LogP) is 5.21. The Balaban J connectivity index is 1.41. The zero-order valence-electron chi connectivity index (χ0n) is 19.5. The van der Waals surface area contributed by atoms with Crippen LogP contribution >= 0.6 is 0 Å². The molecular weight excluding hydrogens is 408 g/mol. The van der Waals surface area contributed by atoms with E-state index in [9.17, 15) is 4.79 Å². The lowest BCUT2D eigenvalue weighted by Crippen LogP contribution is -2.41. The quantitative estimate of drug-likeness (QED) is 0.548. The first-order valence-corrected chi connectivity index (χ1v) is 12.7. The van der Waals surface area contributed by atoms with Crippen LogP contribution in [0.25, 0.3) is 22.0 Å². The van der Waals surface area contributed by atoms with Gasteiger partial charge in [-0.25, -0.2) is 0 Å². The highest BCUT2D eigenvalue weighted by atomic mass is 16.1. The van der Waals surface area contributed by atoms with E-state index >= 15 is 0 Å². The number of nitrogens with two attached hydrogens (primary N) is 1. The first-order chi connectivity index (χ1) is 16.2. The van der Waals surface area contributed by atoms with Gasteiger partial charge in [0.05, 0.1) is 6.42 Å². The van der Waals surface area contributed by atoms with Crippen LogP contribution in [0.5, 0.6) is 0 Å². The topological polar surface area (TPSA) is 72.9 Å². The maximum absolute atomic E-state index is 13.0. The van der Waals surface area contributed by atoms with Gasteiger partial charge in [-0.05, 0) is 85.4 Å². The number of amides is 1. The first-order valence-electron chi connectivity index (χ1n) is 12.7. The van der Waals surface area contributed by atoms with Crippen molar-refractivity contribution in [2.24, 2.45) is 11.7 Å². The van der Waals surface area contributed by atoms with Gasteiger partial charge in [-0.15, -0.1) is 0 Å². The number of rotatable bonds is 6. The second-order valence-electron chi connectivity index (χ2n) is 10.1. The molecule has 5 nitrogen and oxygen atoms in total. The van der Waals surface area contributed by atoms with E-state index < -0.39 is 0 Å². The van der Waals surface area contributed by atoms with E-state index in [2.05, 4.69) is 39.3 Å². The van der Waals surface area contributed by atoms with Crippen LogP contribution in [0.1, 0.15) is 63.4 Å². The fraction of sp³-hybridized carbons (Fsp3) is 0.500. The van der Waals surface area contributed by atoms with Crippen molar-refractivity contribution in [3.05, 3.63) is 54.5 Å². The molecule has 5 rings (SSSR count). The van der Waals surface area contributed by atoms with Crippen LogP contribution in [0.4, 0.5) is 0 Å². The molecule has 2 aliphatic rings. The molecule has 2 heterocycles. The molecule has 0 spiro atoms. The van der Waals surface area contributed by atoms with Gasteiger partial charge >= 0.3 is 0 Å². The standard InChI is InChI=1S/C28H36N4O/c29-24-7-9-25(10-8-24)31-28(33)17-23-19-32(18-20-4-2-1-3-5-20)27-11-6-22(16-26(23)27)21-12-14-30-15-13-21/h6,11-16,19-20,24-25H,1-5,7-10,17-18,29H2,(H,31,33). The van der Waals surface area contributed by atoms with Crippen molar-refractivity contribution in [2.75, 3.05) is 0 Å². The van der Waals surface area contributed by atoms with E-state index in [1.54, 1.807) is 0 Å². The molecule has 1 amide bonds. The lowest BCUT2D eigenvalue weighted by molar-refractivity contribution is -0.121. The largest absolute Gasteiger partial charge is 0.353 e. The molecular formula is C28H36N4O. The highest BCUT2D eigenvalue weighted by Crippen LogP contribution is 2.31. The van der Waals surface area contributed by atoms with Crippen LogP contribution in [-0.4, -0.2) is 27.5 Å². The second-order valence-corrected chi connectivity index (χ2v) is 10.1. The zero-order valence-corrected chi connectivity index (χ0v) is 19.5. The Morgan fingerprint density at radius 2 is 1.73 bits per heavy atom. The average molecular weight is 445 g/mol. The third kappa shape index (κ3) is 5.30. The molecule has 0 atom stereocenters. The van der Waals surface area contributed by atoms with Crippen LogP contribution in [0.2, 0.25) is 0 Å². The molecule has 1 aromatic carbocycles. The Bertz CT molecular complexity index is 1080. The van der Waals surface area contributed by atoms with Crippen molar-refractivity contribution in [1.29, 1.82) is 0 Å². The van der Waals surface area contributed by atoms with Gasteiger partial charge in [0.2, 0.25) is 5.91 Å². The maximum Gasteiger partial charge on any atom is 0.224 e. The number of hydrogen-bond acceptors (Lipinski definition) is 3. The van der Waals surface area contributed by atoms with Gasteiger partial charge in [0.1, 0.15) is 0 Å². The average Bonchev–Trinajstić information content (AvgIpc) is 3.18. The van der Waals surface area contributed by atoms with Gasteiger partial charge in [-0.2, -0.15) is 0 Å². The molecule has 3 N–H and O–H groups in total. The van der Waals surface area contributed by atoms with Crippen molar-refractivity contribution in [3.8, 4) is 11.1 Å². The summed E-state index contributed by atoms with van der Waals surface area (Å²) in [6.07, 6.45) is 17.0. The van der Waals surface area contributed by atoms with Crippen LogP contribution in [0, 0.1) is 5.92 Å². The number of aromatic nitrogens is 2. The zero-order chi connectivity index (χ0) is 22.6. The molecule has 0 bridgehead atoms. The van der Waals surface area contributed by atoms with Crippen molar-refractivity contribution < 1.29 is 4.79 Å². The Morgan fingerprint density at radius 1 is 0.970 bits per heavy atom. The maximum atomic E-state index is 13.0. The fourth-order valence-electron chi connectivity index (χ4n) is 5.75. The SMILES string of the molecule is NC1CCC(NC(=O)Cc2cn(CC3CCCCC3)c3ccc(-c4ccncc4)cc23)CC1. The summed E-state index contributed by atoms with van der Waals surface area (Å²) in [4.78, 5) is 17.2. The van der Waals surface area contributed by atoms with Gasteiger partial charge in [-0.1, -0.05) is 25.3 Å². The third-order valence-corrected chi connectivity index (χ3v) is 7.64. The molecule has 0 unspecified atom stereocenters. The fourth-order valence-corrected chi connectivity index (χ4v) is 5.75. The van der Waals surface area contributed by atoms with Gasteiger partial charge in [0, 0.05) is 48.1 Å². The number of pyridine rings is 1. The van der Waals surface area contributed by atoms with Crippen molar-refractivity contribution >= 4 is 16.8 Å². The minimum atomic E-state index is 0.126. The van der Waals surface area contributed by atoms with Crippen molar-refractivity contribution in [2.45, 2.75) is 82.8 Å². The summed E-state index contributed by atoms with van der Waals surface area (Å²) in [5, 5.41) is 4.47. The van der Waals surface area contributed by atoms with E-state index in [4.69, 9.17) is 5.73 Å². The van der Waals surface area contributed by atoms with Crippen LogP contribution in [0.3, 0.4) is 0 Å². The van der Waals surface area contributed by atoms with Crippen molar-refractivity contribution in [1.82, 2.24) is 14.9 Å². The Hall–Kier alpha value is -2.66. The summed E-state index contributed by atoms with van der Waals surface area (Å²) in [5.74, 6) is 0.865. The molecule has 2 fully saturated rings. The van der Waals surface area contributed by atoms with E-state index in [0.29, 0.717) is 12.5 Å². The highest BCUT2D eigenvalue weighted by Gasteiger charge is 2.22.